The van der Waals surface area contributed by atoms with Crippen molar-refractivity contribution < 1.29 is 9.59 Å². The first-order chi connectivity index (χ1) is 11.7. The van der Waals surface area contributed by atoms with Crippen LogP contribution in [0.25, 0.3) is 0 Å². The van der Waals surface area contributed by atoms with Crippen LogP contribution < -0.4 is 0 Å². The number of amides is 1. The Bertz CT molecular complexity index is 629. The van der Waals surface area contributed by atoms with E-state index in [0.717, 1.165) is 45.2 Å². The van der Waals surface area contributed by atoms with Crippen molar-refractivity contribution in [3.8, 4) is 11.8 Å². The van der Waals surface area contributed by atoms with Crippen molar-refractivity contribution in [3.63, 3.8) is 0 Å². The highest BCUT2D eigenvalue weighted by molar-refractivity contribution is 5.78. The number of nitrogens with zero attached hydrogens (tertiary/aromatic N) is 4. The van der Waals surface area contributed by atoms with Crippen LogP contribution in [0.15, 0.2) is 18.5 Å². The summed E-state index contributed by atoms with van der Waals surface area (Å²) in [6.45, 7) is 3.48. The molecule has 0 radical (unpaired) electrons. The Morgan fingerprint density at radius 2 is 1.96 bits per heavy atom. The van der Waals surface area contributed by atoms with Crippen LogP contribution in [0, 0.1) is 23.7 Å². The summed E-state index contributed by atoms with van der Waals surface area (Å²) in [6.07, 6.45) is 7.03. The molecule has 6 nitrogen and oxygen atoms in total. The summed E-state index contributed by atoms with van der Waals surface area (Å²) in [6, 6.07) is 1.77. The number of carbonyl (C=O) groups excluding carboxylic acids is 2. The molecule has 0 saturated carbocycles. The first kappa shape index (κ1) is 16.6. The van der Waals surface area contributed by atoms with Gasteiger partial charge in [-0.2, -0.15) is 0 Å². The quantitative estimate of drug-likeness (QED) is 0.601. The van der Waals surface area contributed by atoms with Gasteiger partial charge in [-0.05, 0) is 37.8 Å². The van der Waals surface area contributed by atoms with Gasteiger partial charge in [-0.15, -0.1) is 0 Å². The molecule has 1 aromatic rings. The third-order valence-corrected chi connectivity index (χ3v) is 4.66. The van der Waals surface area contributed by atoms with Gasteiger partial charge in [-0.3, -0.25) is 9.69 Å². The van der Waals surface area contributed by atoms with Gasteiger partial charge in [0.05, 0.1) is 6.54 Å². The SMILES string of the molecule is O=CC1CCN(CC(=O)N2CCC(C#Cc3ncccn3)CC2)C1. The van der Waals surface area contributed by atoms with E-state index in [9.17, 15) is 9.59 Å². The van der Waals surface area contributed by atoms with Gasteiger partial charge in [0.1, 0.15) is 6.29 Å². The second-order valence-corrected chi connectivity index (χ2v) is 6.42. The van der Waals surface area contributed by atoms with Crippen LogP contribution in [0.2, 0.25) is 0 Å². The zero-order valence-electron chi connectivity index (χ0n) is 13.7. The van der Waals surface area contributed by atoms with Gasteiger partial charge in [0, 0.05) is 43.9 Å². The fourth-order valence-corrected chi connectivity index (χ4v) is 3.21. The van der Waals surface area contributed by atoms with Gasteiger partial charge in [-0.1, -0.05) is 5.92 Å². The molecule has 2 fully saturated rings. The maximum Gasteiger partial charge on any atom is 0.236 e. The zero-order valence-corrected chi connectivity index (χ0v) is 13.7. The third-order valence-electron chi connectivity index (χ3n) is 4.66. The number of aldehydes is 1. The minimum Gasteiger partial charge on any atom is -0.341 e. The minimum atomic E-state index is 0.0963. The average Bonchev–Trinajstić information content (AvgIpc) is 3.09. The lowest BCUT2D eigenvalue weighted by molar-refractivity contribution is -0.133. The fourth-order valence-electron chi connectivity index (χ4n) is 3.21. The normalized spacial score (nSPS) is 22.0. The number of likely N-dealkylation sites (tertiary alicyclic amines) is 2. The monoisotopic (exact) mass is 326 g/mol. The molecule has 1 amide bonds. The second-order valence-electron chi connectivity index (χ2n) is 6.42. The zero-order chi connectivity index (χ0) is 16.8. The molecule has 1 aromatic heterocycles. The Balaban J connectivity index is 1.44. The Labute approximate surface area is 142 Å². The molecule has 1 unspecified atom stereocenters. The van der Waals surface area contributed by atoms with Crippen LogP contribution in [0.3, 0.4) is 0 Å². The summed E-state index contributed by atoms with van der Waals surface area (Å²) in [7, 11) is 0. The van der Waals surface area contributed by atoms with Crippen molar-refractivity contribution in [2.75, 3.05) is 32.7 Å². The summed E-state index contributed by atoms with van der Waals surface area (Å²) in [5.74, 6) is 7.34. The van der Waals surface area contributed by atoms with E-state index >= 15 is 0 Å². The van der Waals surface area contributed by atoms with E-state index in [1.54, 1.807) is 18.5 Å². The van der Waals surface area contributed by atoms with E-state index in [1.807, 2.05) is 4.90 Å². The number of piperidine rings is 1. The highest BCUT2D eigenvalue weighted by Gasteiger charge is 2.27. The van der Waals surface area contributed by atoms with E-state index < -0.39 is 0 Å². The van der Waals surface area contributed by atoms with E-state index in [1.165, 1.54) is 0 Å². The van der Waals surface area contributed by atoms with Crippen molar-refractivity contribution in [1.29, 1.82) is 0 Å². The van der Waals surface area contributed by atoms with Gasteiger partial charge in [0.25, 0.3) is 0 Å². The Morgan fingerprint density at radius 1 is 1.21 bits per heavy atom. The molecule has 2 aliphatic heterocycles. The molecule has 0 N–H and O–H groups in total. The lowest BCUT2D eigenvalue weighted by atomic mass is 9.97. The fraction of sp³-hybridized carbons (Fsp3) is 0.556. The smallest absolute Gasteiger partial charge is 0.236 e. The van der Waals surface area contributed by atoms with E-state index in [-0.39, 0.29) is 11.8 Å². The molecule has 0 bridgehead atoms. The van der Waals surface area contributed by atoms with Crippen LogP contribution in [0.5, 0.6) is 0 Å². The molecule has 24 heavy (non-hydrogen) atoms. The molecule has 0 aliphatic carbocycles. The maximum absolute atomic E-state index is 12.4. The van der Waals surface area contributed by atoms with Gasteiger partial charge >= 0.3 is 0 Å². The molecule has 3 rings (SSSR count). The van der Waals surface area contributed by atoms with E-state index in [0.29, 0.717) is 24.8 Å². The van der Waals surface area contributed by atoms with Crippen molar-refractivity contribution in [3.05, 3.63) is 24.3 Å². The molecular weight excluding hydrogens is 304 g/mol. The van der Waals surface area contributed by atoms with Crippen LogP contribution in [0.4, 0.5) is 0 Å². The lowest BCUT2D eigenvalue weighted by Crippen LogP contribution is -2.43. The molecule has 6 heteroatoms. The number of hydrogen-bond acceptors (Lipinski definition) is 5. The minimum absolute atomic E-state index is 0.0963. The summed E-state index contributed by atoms with van der Waals surface area (Å²) >= 11 is 0. The van der Waals surface area contributed by atoms with E-state index in [2.05, 4.69) is 26.7 Å². The molecule has 2 aliphatic rings. The molecule has 3 heterocycles. The Morgan fingerprint density at radius 3 is 2.62 bits per heavy atom. The van der Waals surface area contributed by atoms with Crippen LogP contribution in [-0.2, 0) is 9.59 Å². The van der Waals surface area contributed by atoms with Crippen molar-refractivity contribution >= 4 is 12.2 Å². The van der Waals surface area contributed by atoms with Gasteiger partial charge in [0.15, 0.2) is 0 Å². The number of carbonyl (C=O) groups is 2. The van der Waals surface area contributed by atoms with Gasteiger partial charge in [-0.25, -0.2) is 9.97 Å². The third kappa shape index (κ3) is 4.39. The number of hydrogen-bond donors (Lipinski definition) is 0. The van der Waals surface area contributed by atoms with Crippen molar-refractivity contribution in [2.45, 2.75) is 19.3 Å². The molecule has 0 aromatic carbocycles. The van der Waals surface area contributed by atoms with Crippen molar-refractivity contribution in [1.82, 2.24) is 19.8 Å². The van der Waals surface area contributed by atoms with Crippen LogP contribution in [-0.4, -0.2) is 64.7 Å². The summed E-state index contributed by atoms with van der Waals surface area (Å²) in [4.78, 5) is 35.4. The topological polar surface area (TPSA) is 66.4 Å². The summed E-state index contributed by atoms with van der Waals surface area (Å²) in [5.41, 5.74) is 0. The highest BCUT2D eigenvalue weighted by atomic mass is 16.2. The average molecular weight is 326 g/mol. The standard InChI is InChI=1S/C18H22N4O2/c23-14-16-4-9-21(12-16)13-18(24)22-10-5-15(6-11-22)2-3-17-19-7-1-8-20-17/h1,7-8,14-16H,4-6,9-13H2. The van der Waals surface area contributed by atoms with Gasteiger partial charge in [0.2, 0.25) is 11.7 Å². The Hall–Kier alpha value is -2.26. The highest BCUT2D eigenvalue weighted by Crippen LogP contribution is 2.18. The Kier molecular flexibility index (Phi) is 5.55. The first-order valence-corrected chi connectivity index (χ1v) is 8.48. The molecule has 0 spiro atoms. The number of aromatic nitrogens is 2. The summed E-state index contributed by atoms with van der Waals surface area (Å²) < 4.78 is 0. The maximum atomic E-state index is 12.4. The van der Waals surface area contributed by atoms with Crippen molar-refractivity contribution in [2.24, 2.45) is 11.8 Å². The lowest BCUT2D eigenvalue weighted by Gasteiger charge is -2.31. The van der Waals surface area contributed by atoms with E-state index in [4.69, 9.17) is 0 Å². The summed E-state index contributed by atoms with van der Waals surface area (Å²) in [5, 5.41) is 0. The molecular formula is C18H22N4O2. The largest absolute Gasteiger partial charge is 0.341 e. The molecule has 126 valence electrons. The van der Waals surface area contributed by atoms with Crippen LogP contribution in [0.1, 0.15) is 25.1 Å². The van der Waals surface area contributed by atoms with Crippen LogP contribution >= 0.6 is 0 Å². The predicted octanol–water partition coefficient (Wildman–Crippen LogP) is 0.587. The first-order valence-electron chi connectivity index (χ1n) is 8.48. The number of rotatable bonds is 3. The van der Waals surface area contributed by atoms with Gasteiger partial charge < -0.3 is 9.69 Å². The molecule has 1 atom stereocenters. The predicted molar refractivity (Wildman–Crippen MR) is 88.8 cm³/mol. The second kappa shape index (κ2) is 8.02. The molecule has 2 saturated heterocycles.